The largest absolute Gasteiger partial charge is 0.342 e. The van der Waals surface area contributed by atoms with Gasteiger partial charge in [0.2, 0.25) is 5.91 Å². The number of carbonyl (C=O) groups excluding carboxylic acids is 1. The summed E-state index contributed by atoms with van der Waals surface area (Å²) in [7, 11) is 1.86. The van der Waals surface area contributed by atoms with Crippen LogP contribution in [-0.2, 0) is 4.79 Å². The third-order valence-corrected chi connectivity index (χ3v) is 3.58. The van der Waals surface area contributed by atoms with Crippen LogP contribution in [0.5, 0.6) is 0 Å². The molecule has 0 aliphatic heterocycles. The molecule has 0 rings (SSSR count). The number of carbonyl (C=O) groups is 1. The van der Waals surface area contributed by atoms with Crippen molar-refractivity contribution in [3.05, 3.63) is 0 Å². The molecule has 2 unspecified atom stereocenters. The molecule has 3 nitrogen and oxygen atoms in total. The summed E-state index contributed by atoms with van der Waals surface area (Å²) >= 11 is 1.81. The number of rotatable bonds is 8. The minimum atomic E-state index is -0.318. The normalized spacial score (nSPS) is 14.6. The summed E-state index contributed by atoms with van der Waals surface area (Å²) in [6.07, 6.45) is 6.03. The highest BCUT2D eigenvalue weighted by Gasteiger charge is 2.20. The van der Waals surface area contributed by atoms with Crippen molar-refractivity contribution in [2.75, 3.05) is 19.1 Å². The van der Waals surface area contributed by atoms with Gasteiger partial charge < -0.3 is 10.6 Å². The van der Waals surface area contributed by atoms with Gasteiger partial charge in [-0.25, -0.2) is 0 Å². The minimum absolute atomic E-state index is 0.0852. The Kier molecular flexibility index (Phi) is 8.76. The number of likely N-dealkylation sites (N-methyl/N-ethyl adjacent to an activating group) is 1. The molecule has 0 saturated carbocycles. The summed E-state index contributed by atoms with van der Waals surface area (Å²) in [6, 6.07) is -0.0330. The van der Waals surface area contributed by atoms with Crippen LogP contribution in [-0.4, -0.2) is 41.9 Å². The van der Waals surface area contributed by atoms with Gasteiger partial charge in [0, 0.05) is 13.1 Å². The van der Waals surface area contributed by atoms with E-state index in [9.17, 15) is 4.79 Å². The van der Waals surface area contributed by atoms with E-state index < -0.39 is 0 Å². The lowest BCUT2D eigenvalue weighted by Crippen LogP contribution is -2.45. The van der Waals surface area contributed by atoms with Crippen molar-refractivity contribution in [2.24, 2.45) is 5.73 Å². The van der Waals surface area contributed by atoms with Gasteiger partial charge >= 0.3 is 0 Å². The summed E-state index contributed by atoms with van der Waals surface area (Å²) in [4.78, 5) is 13.7. The van der Waals surface area contributed by atoms with E-state index in [1.165, 1.54) is 0 Å². The third-order valence-electron chi connectivity index (χ3n) is 2.93. The Bertz CT molecular complexity index is 199. The zero-order chi connectivity index (χ0) is 12.6. The van der Waals surface area contributed by atoms with Gasteiger partial charge in [0.25, 0.3) is 0 Å². The fraction of sp³-hybridized carbons (Fsp3) is 0.917. The lowest BCUT2D eigenvalue weighted by molar-refractivity contribution is -0.133. The molecule has 0 bridgehead atoms. The van der Waals surface area contributed by atoms with Crippen LogP contribution in [0.25, 0.3) is 0 Å². The molecule has 4 heteroatoms. The molecule has 16 heavy (non-hydrogen) atoms. The third kappa shape index (κ3) is 5.75. The second kappa shape index (κ2) is 8.88. The SMILES string of the molecule is CCCCC(N)C(=O)N(C)C(C)CCSC. The van der Waals surface area contributed by atoms with Crippen LogP contribution >= 0.6 is 11.8 Å². The molecule has 0 spiro atoms. The molecular weight excluding hydrogens is 220 g/mol. The number of nitrogens with zero attached hydrogens (tertiary/aromatic N) is 1. The lowest BCUT2D eigenvalue weighted by Gasteiger charge is -2.27. The summed E-state index contributed by atoms with van der Waals surface area (Å²) in [6.45, 7) is 4.20. The molecule has 0 aliphatic rings. The molecule has 1 amide bonds. The lowest BCUT2D eigenvalue weighted by atomic mass is 10.1. The van der Waals surface area contributed by atoms with E-state index in [1.807, 2.05) is 18.8 Å². The molecule has 96 valence electrons. The van der Waals surface area contributed by atoms with E-state index in [0.717, 1.165) is 31.4 Å². The first-order valence-electron chi connectivity index (χ1n) is 6.05. The van der Waals surface area contributed by atoms with Crippen molar-refractivity contribution in [2.45, 2.75) is 51.6 Å². The Morgan fingerprint density at radius 1 is 1.44 bits per heavy atom. The standard InChI is InChI=1S/C12H26N2OS/c1-5-6-7-11(13)12(15)14(3)10(2)8-9-16-4/h10-11H,5-9,13H2,1-4H3. The number of hydrogen-bond donors (Lipinski definition) is 1. The minimum Gasteiger partial charge on any atom is -0.342 e. The van der Waals surface area contributed by atoms with Crippen LogP contribution < -0.4 is 5.73 Å². The van der Waals surface area contributed by atoms with Gasteiger partial charge in [-0.2, -0.15) is 11.8 Å². The molecule has 2 N–H and O–H groups in total. The molecule has 0 aromatic rings. The van der Waals surface area contributed by atoms with Crippen LogP contribution in [0, 0.1) is 0 Å². The zero-order valence-corrected chi connectivity index (χ0v) is 11.8. The van der Waals surface area contributed by atoms with Gasteiger partial charge in [0.1, 0.15) is 0 Å². The number of amides is 1. The maximum absolute atomic E-state index is 11.9. The fourth-order valence-corrected chi connectivity index (χ4v) is 2.09. The monoisotopic (exact) mass is 246 g/mol. The Morgan fingerprint density at radius 2 is 2.06 bits per heavy atom. The highest BCUT2D eigenvalue weighted by Crippen LogP contribution is 2.09. The fourth-order valence-electron chi connectivity index (χ4n) is 1.51. The van der Waals surface area contributed by atoms with Gasteiger partial charge in [-0.15, -0.1) is 0 Å². The quantitative estimate of drug-likeness (QED) is 0.713. The molecule has 0 fully saturated rings. The maximum atomic E-state index is 11.9. The van der Waals surface area contributed by atoms with Crippen molar-refractivity contribution in [1.82, 2.24) is 4.90 Å². The second-order valence-electron chi connectivity index (χ2n) is 4.33. The van der Waals surface area contributed by atoms with E-state index in [4.69, 9.17) is 5.73 Å². The summed E-state index contributed by atoms with van der Waals surface area (Å²) in [5.74, 6) is 1.17. The van der Waals surface area contributed by atoms with Crippen LogP contribution in [0.4, 0.5) is 0 Å². The van der Waals surface area contributed by atoms with E-state index in [2.05, 4.69) is 20.1 Å². The van der Waals surface area contributed by atoms with Crippen molar-refractivity contribution >= 4 is 17.7 Å². The Labute approximate surface area is 104 Å². The topological polar surface area (TPSA) is 46.3 Å². The second-order valence-corrected chi connectivity index (χ2v) is 5.31. The molecule has 2 atom stereocenters. The van der Waals surface area contributed by atoms with Crippen LogP contribution in [0.1, 0.15) is 39.5 Å². The van der Waals surface area contributed by atoms with Crippen LogP contribution in [0.15, 0.2) is 0 Å². The summed E-state index contributed by atoms with van der Waals surface area (Å²) < 4.78 is 0. The van der Waals surface area contributed by atoms with Crippen molar-refractivity contribution < 1.29 is 4.79 Å². The Morgan fingerprint density at radius 3 is 2.56 bits per heavy atom. The van der Waals surface area contributed by atoms with E-state index in [-0.39, 0.29) is 18.0 Å². The number of nitrogens with two attached hydrogens (primary N) is 1. The Balaban J connectivity index is 4.04. The van der Waals surface area contributed by atoms with E-state index >= 15 is 0 Å². The van der Waals surface area contributed by atoms with Gasteiger partial charge in [-0.3, -0.25) is 4.79 Å². The average Bonchev–Trinajstić information content (AvgIpc) is 2.30. The molecule has 0 saturated heterocycles. The van der Waals surface area contributed by atoms with Gasteiger partial charge in [0.05, 0.1) is 6.04 Å². The summed E-state index contributed by atoms with van der Waals surface area (Å²) in [5, 5.41) is 0. The molecule has 0 aromatic carbocycles. The number of unbranched alkanes of at least 4 members (excludes halogenated alkanes) is 1. The number of thioether (sulfide) groups is 1. The average molecular weight is 246 g/mol. The van der Waals surface area contributed by atoms with Gasteiger partial charge in [-0.1, -0.05) is 19.8 Å². The molecule has 0 radical (unpaired) electrons. The van der Waals surface area contributed by atoms with Crippen molar-refractivity contribution in [3.63, 3.8) is 0 Å². The van der Waals surface area contributed by atoms with Gasteiger partial charge in [-0.05, 0) is 31.8 Å². The van der Waals surface area contributed by atoms with E-state index in [0.29, 0.717) is 0 Å². The first-order valence-corrected chi connectivity index (χ1v) is 7.45. The number of hydrogen-bond acceptors (Lipinski definition) is 3. The van der Waals surface area contributed by atoms with Crippen molar-refractivity contribution in [1.29, 1.82) is 0 Å². The summed E-state index contributed by atoms with van der Waals surface area (Å²) in [5.41, 5.74) is 5.87. The molecule has 0 heterocycles. The highest BCUT2D eigenvalue weighted by molar-refractivity contribution is 7.98. The smallest absolute Gasteiger partial charge is 0.239 e. The van der Waals surface area contributed by atoms with Gasteiger partial charge in [0.15, 0.2) is 0 Å². The first-order chi connectivity index (χ1) is 7.54. The zero-order valence-electron chi connectivity index (χ0n) is 11.0. The molecular formula is C12H26N2OS. The highest BCUT2D eigenvalue weighted by atomic mass is 32.2. The molecule has 0 aliphatic carbocycles. The first kappa shape index (κ1) is 15.8. The van der Waals surface area contributed by atoms with Crippen molar-refractivity contribution in [3.8, 4) is 0 Å². The molecule has 0 aromatic heterocycles. The Hall–Kier alpha value is -0.220. The van der Waals surface area contributed by atoms with Crippen LogP contribution in [0.3, 0.4) is 0 Å². The predicted molar refractivity (Wildman–Crippen MR) is 72.7 cm³/mol. The van der Waals surface area contributed by atoms with E-state index in [1.54, 1.807) is 4.90 Å². The predicted octanol–water partition coefficient (Wildman–Crippen LogP) is 2.10. The maximum Gasteiger partial charge on any atom is 0.239 e. The van der Waals surface area contributed by atoms with Crippen LogP contribution in [0.2, 0.25) is 0 Å².